The third-order valence-electron chi connectivity index (χ3n) is 7.52. The third kappa shape index (κ3) is 5.58. The highest BCUT2D eigenvalue weighted by Crippen LogP contribution is 2.34. The Bertz CT molecular complexity index is 1730. The molecule has 5 aromatic rings. The minimum absolute atomic E-state index is 0.0833. The number of carbonyl (C=O) groups is 1. The van der Waals surface area contributed by atoms with Crippen LogP contribution in [0, 0.1) is 13.8 Å². The zero-order valence-electron chi connectivity index (χ0n) is 24.3. The van der Waals surface area contributed by atoms with Crippen LogP contribution in [0.2, 0.25) is 0 Å². The molecule has 0 aliphatic carbocycles. The number of para-hydroxylation sites is 1. The summed E-state index contributed by atoms with van der Waals surface area (Å²) in [5.41, 5.74) is 4.63. The molecule has 12 heteroatoms. The first kappa shape index (κ1) is 27.8. The van der Waals surface area contributed by atoms with Crippen LogP contribution in [0.3, 0.4) is 0 Å². The van der Waals surface area contributed by atoms with Gasteiger partial charge >= 0.3 is 0 Å². The highest BCUT2D eigenvalue weighted by molar-refractivity contribution is 7.99. The van der Waals surface area contributed by atoms with Gasteiger partial charge in [0.15, 0.2) is 28.1 Å². The summed E-state index contributed by atoms with van der Waals surface area (Å²) < 4.78 is 14.8. The molecule has 0 unspecified atom stereocenters. The molecule has 0 N–H and O–H groups in total. The molecule has 1 aliphatic rings. The summed E-state index contributed by atoms with van der Waals surface area (Å²) in [6.45, 7) is 7.68. The maximum Gasteiger partial charge on any atom is 0.233 e. The summed E-state index contributed by atoms with van der Waals surface area (Å²) >= 11 is 1.38. The lowest BCUT2D eigenvalue weighted by atomic mass is 10.2. The molecule has 42 heavy (non-hydrogen) atoms. The molecule has 1 amide bonds. The van der Waals surface area contributed by atoms with E-state index in [2.05, 4.69) is 28.2 Å². The van der Waals surface area contributed by atoms with Gasteiger partial charge in [-0.2, -0.15) is 9.61 Å². The Morgan fingerprint density at radius 1 is 0.929 bits per heavy atom. The second kappa shape index (κ2) is 11.9. The summed E-state index contributed by atoms with van der Waals surface area (Å²) in [6, 6.07) is 16.1. The van der Waals surface area contributed by atoms with Crippen LogP contribution in [0.15, 0.2) is 53.7 Å². The number of hydrogen-bond acceptors (Lipinski definition) is 9. The molecular formula is C30H34N8O3S. The fraction of sp³-hybridized carbons (Fsp3) is 0.367. The van der Waals surface area contributed by atoms with Gasteiger partial charge in [0, 0.05) is 62.0 Å². The van der Waals surface area contributed by atoms with E-state index in [-0.39, 0.29) is 11.7 Å². The average molecular weight is 587 g/mol. The molecule has 218 valence electrons. The van der Waals surface area contributed by atoms with Gasteiger partial charge in [-0.3, -0.25) is 9.48 Å². The number of anilines is 1. The van der Waals surface area contributed by atoms with E-state index in [1.807, 2.05) is 53.8 Å². The quantitative estimate of drug-likeness (QED) is 0.189. The minimum Gasteiger partial charge on any atom is -0.493 e. The Labute approximate surface area is 248 Å². The van der Waals surface area contributed by atoms with Crippen LogP contribution >= 0.6 is 11.8 Å². The Morgan fingerprint density at radius 3 is 2.36 bits per heavy atom. The van der Waals surface area contributed by atoms with Gasteiger partial charge in [-0.05, 0) is 38.1 Å². The zero-order valence-corrected chi connectivity index (χ0v) is 25.1. The SMILES string of the molecule is COc1cc2nc(SCC(=O)N3CCN(c4ccccc4)CC3)n3nc(CCn4nc(C)cc4C)nc3c2cc1OC. The molecule has 0 atom stereocenters. The number of thioether (sulfide) groups is 1. The maximum atomic E-state index is 13.3. The second-order valence-corrected chi connectivity index (χ2v) is 11.2. The first-order chi connectivity index (χ1) is 20.4. The molecule has 1 fully saturated rings. The Morgan fingerprint density at radius 2 is 1.67 bits per heavy atom. The van der Waals surface area contributed by atoms with E-state index in [0.29, 0.717) is 59.7 Å². The van der Waals surface area contributed by atoms with Gasteiger partial charge in [0.2, 0.25) is 5.91 Å². The summed E-state index contributed by atoms with van der Waals surface area (Å²) in [4.78, 5) is 27.3. The van der Waals surface area contributed by atoms with Crippen molar-refractivity contribution in [1.29, 1.82) is 0 Å². The normalized spacial score (nSPS) is 13.7. The second-order valence-electron chi connectivity index (χ2n) is 10.3. The van der Waals surface area contributed by atoms with Gasteiger partial charge in [0.1, 0.15) is 0 Å². The van der Waals surface area contributed by atoms with Gasteiger partial charge in [0.05, 0.1) is 31.2 Å². The van der Waals surface area contributed by atoms with Crippen molar-refractivity contribution in [3.8, 4) is 11.5 Å². The zero-order chi connectivity index (χ0) is 29.2. The number of benzene rings is 2. The molecule has 0 saturated carbocycles. The monoisotopic (exact) mass is 586 g/mol. The predicted octanol–water partition coefficient (Wildman–Crippen LogP) is 3.79. The Hall–Kier alpha value is -4.32. The lowest BCUT2D eigenvalue weighted by molar-refractivity contribution is -0.128. The van der Waals surface area contributed by atoms with E-state index in [9.17, 15) is 4.79 Å². The van der Waals surface area contributed by atoms with Crippen molar-refractivity contribution < 1.29 is 14.3 Å². The van der Waals surface area contributed by atoms with E-state index in [4.69, 9.17) is 24.5 Å². The van der Waals surface area contributed by atoms with Crippen LogP contribution < -0.4 is 14.4 Å². The fourth-order valence-corrected chi connectivity index (χ4v) is 6.18. The third-order valence-corrected chi connectivity index (χ3v) is 8.43. The fourth-order valence-electron chi connectivity index (χ4n) is 5.33. The van der Waals surface area contributed by atoms with Crippen molar-refractivity contribution in [3.05, 3.63) is 65.7 Å². The van der Waals surface area contributed by atoms with Gasteiger partial charge in [-0.1, -0.05) is 30.0 Å². The van der Waals surface area contributed by atoms with Crippen LogP contribution in [0.4, 0.5) is 5.69 Å². The molecule has 0 spiro atoms. The number of nitrogens with zero attached hydrogens (tertiary/aromatic N) is 8. The molecule has 0 radical (unpaired) electrons. The summed E-state index contributed by atoms with van der Waals surface area (Å²) in [7, 11) is 3.20. The standard InChI is InChI=1S/C30H34N8O3S/c1-20-16-21(2)37(33-20)11-10-27-32-29-23-17-25(40-3)26(41-4)18-24(23)31-30(38(29)34-27)42-19-28(39)36-14-12-35(13-15-36)22-8-6-5-7-9-22/h5-9,16-18H,10-15,19H2,1-4H3. The van der Waals surface area contributed by atoms with E-state index in [0.717, 1.165) is 29.9 Å². The van der Waals surface area contributed by atoms with Crippen LogP contribution in [0.25, 0.3) is 16.6 Å². The number of aromatic nitrogens is 6. The molecule has 11 nitrogen and oxygen atoms in total. The van der Waals surface area contributed by atoms with Crippen LogP contribution in [0.5, 0.6) is 11.5 Å². The Balaban J connectivity index is 1.24. The number of methoxy groups -OCH3 is 2. The number of ether oxygens (including phenoxy) is 2. The van der Waals surface area contributed by atoms with Crippen molar-refractivity contribution in [2.75, 3.05) is 51.1 Å². The molecular weight excluding hydrogens is 552 g/mol. The average Bonchev–Trinajstić information content (AvgIpc) is 3.60. The van der Waals surface area contributed by atoms with Gasteiger partial charge in [0.25, 0.3) is 0 Å². The van der Waals surface area contributed by atoms with Crippen molar-refractivity contribution in [3.63, 3.8) is 0 Å². The largest absolute Gasteiger partial charge is 0.493 e. The Kier molecular flexibility index (Phi) is 7.88. The van der Waals surface area contributed by atoms with E-state index in [1.54, 1.807) is 18.7 Å². The number of piperazine rings is 1. The summed E-state index contributed by atoms with van der Waals surface area (Å²) in [6.07, 6.45) is 0.604. The lowest BCUT2D eigenvalue weighted by Gasteiger charge is -2.36. The molecule has 0 bridgehead atoms. The van der Waals surface area contributed by atoms with Crippen LogP contribution in [0.1, 0.15) is 17.2 Å². The summed E-state index contributed by atoms with van der Waals surface area (Å²) in [5, 5.41) is 10.8. The first-order valence-electron chi connectivity index (χ1n) is 14.0. The lowest BCUT2D eigenvalue weighted by Crippen LogP contribution is -2.49. The topological polar surface area (TPSA) is 103 Å². The van der Waals surface area contributed by atoms with Crippen molar-refractivity contribution >= 4 is 39.9 Å². The van der Waals surface area contributed by atoms with E-state index < -0.39 is 0 Å². The van der Waals surface area contributed by atoms with Crippen molar-refractivity contribution in [1.82, 2.24) is 34.3 Å². The number of amides is 1. The number of rotatable bonds is 9. The van der Waals surface area contributed by atoms with Crippen LogP contribution in [-0.4, -0.2) is 86.3 Å². The van der Waals surface area contributed by atoms with Crippen molar-refractivity contribution in [2.24, 2.45) is 0 Å². The van der Waals surface area contributed by atoms with Gasteiger partial charge < -0.3 is 19.3 Å². The van der Waals surface area contributed by atoms with E-state index >= 15 is 0 Å². The number of fused-ring (bicyclic) bond motifs is 3. The minimum atomic E-state index is 0.0833. The molecule has 6 rings (SSSR count). The smallest absolute Gasteiger partial charge is 0.233 e. The van der Waals surface area contributed by atoms with Crippen molar-refractivity contribution in [2.45, 2.75) is 32.0 Å². The number of carbonyl (C=O) groups excluding carboxylic acids is 1. The highest BCUT2D eigenvalue weighted by atomic mass is 32.2. The van der Waals surface area contributed by atoms with Crippen LogP contribution in [-0.2, 0) is 17.8 Å². The first-order valence-corrected chi connectivity index (χ1v) is 14.9. The molecule has 3 aromatic heterocycles. The number of aryl methyl sites for hydroxylation is 4. The molecule has 1 aliphatic heterocycles. The highest BCUT2D eigenvalue weighted by Gasteiger charge is 2.23. The maximum absolute atomic E-state index is 13.3. The van der Waals surface area contributed by atoms with Gasteiger partial charge in [-0.15, -0.1) is 5.10 Å². The molecule has 2 aromatic carbocycles. The molecule has 1 saturated heterocycles. The van der Waals surface area contributed by atoms with Gasteiger partial charge in [-0.25, -0.2) is 9.97 Å². The predicted molar refractivity (Wildman–Crippen MR) is 163 cm³/mol. The van der Waals surface area contributed by atoms with E-state index in [1.165, 1.54) is 17.4 Å². The molecule has 4 heterocycles. The number of hydrogen-bond donors (Lipinski definition) is 0. The summed E-state index contributed by atoms with van der Waals surface area (Å²) in [5.74, 6) is 2.19.